The summed E-state index contributed by atoms with van der Waals surface area (Å²) < 4.78 is 11.9. The van der Waals surface area contributed by atoms with E-state index < -0.39 is 24.5 Å². The van der Waals surface area contributed by atoms with Gasteiger partial charge in [0.25, 0.3) is 0 Å². The van der Waals surface area contributed by atoms with Gasteiger partial charge in [0.05, 0.1) is 6.54 Å². The molecule has 0 aliphatic carbocycles. The highest BCUT2D eigenvalue weighted by molar-refractivity contribution is 6.44. The maximum absolute atomic E-state index is 11.9. The summed E-state index contributed by atoms with van der Waals surface area (Å²) in [5.41, 5.74) is 0. The lowest BCUT2D eigenvalue weighted by atomic mass is 10.5. The Bertz CT molecular complexity index is 266. The van der Waals surface area contributed by atoms with Crippen LogP contribution in [0.5, 0.6) is 0 Å². The topological polar surface area (TPSA) is 57.7 Å². The average Bonchev–Trinajstić information content (AvgIpc) is 2.31. The summed E-state index contributed by atoms with van der Waals surface area (Å²) in [6.07, 6.45) is 0. The van der Waals surface area contributed by atoms with Crippen LogP contribution >= 0.6 is 0 Å². The maximum Gasteiger partial charge on any atom is 0.334 e. The first-order chi connectivity index (χ1) is 6.13. The van der Waals surface area contributed by atoms with E-state index in [1.54, 1.807) is 6.92 Å². The fourth-order valence-electron chi connectivity index (χ4n) is 1.11. The summed E-state index contributed by atoms with van der Waals surface area (Å²) >= 11 is 0. The fourth-order valence-corrected chi connectivity index (χ4v) is 1.11. The number of alkyl halides is 1. The summed E-state index contributed by atoms with van der Waals surface area (Å²) in [6, 6.07) is -0.727. The molecule has 13 heavy (non-hydrogen) atoms. The summed E-state index contributed by atoms with van der Waals surface area (Å²) in [5, 5.41) is 0. The van der Waals surface area contributed by atoms with Crippen molar-refractivity contribution in [3.8, 4) is 0 Å². The Labute approximate surface area is 74.1 Å². The van der Waals surface area contributed by atoms with Crippen LogP contribution in [0.25, 0.3) is 0 Å². The zero-order valence-corrected chi connectivity index (χ0v) is 7.12. The van der Waals surface area contributed by atoms with E-state index in [4.69, 9.17) is 0 Å². The van der Waals surface area contributed by atoms with E-state index in [2.05, 4.69) is 0 Å². The van der Waals surface area contributed by atoms with Crippen molar-refractivity contribution >= 4 is 17.8 Å². The molecule has 0 bridgehead atoms. The molecule has 0 aromatic rings. The molecule has 1 heterocycles. The van der Waals surface area contributed by atoms with Crippen LogP contribution < -0.4 is 0 Å². The van der Waals surface area contributed by atoms with Gasteiger partial charge in [-0.25, -0.2) is 9.18 Å². The first kappa shape index (κ1) is 9.63. The molecule has 4 amide bonds. The minimum absolute atomic E-state index is 0.131. The predicted octanol–water partition coefficient (Wildman–Crippen LogP) is -0.233. The minimum atomic E-state index is -0.940. The maximum atomic E-state index is 11.9. The number of nitrogens with zero attached hydrogens (tertiary/aromatic N) is 2. The van der Waals surface area contributed by atoms with E-state index in [1.807, 2.05) is 0 Å². The van der Waals surface area contributed by atoms with Crippen molar-refractivity contribution in [1.29, 1.82) is 0 Å². The molecule has 1 saturated heterocycles. The number of hydrogen-bond acceptors (Lipinski definition) is 3. The molecule has 1 fully saturated rings. The van der Waals surface area contributed by atoms with Crippen molar-refractivity contribution < 1.29 is 18.8 Å². The van der Waals surface area contributed by atoms with E-state index in [0.29, 0.717) is 4.90 Å². The van der Waals surface area contributed by atoms with Crippen LogP contribution in [0.2, 0.25) is 0 Å². The number of carbonyl (C=O) groups is 3. The number of amides is 4. The molecule has 0 saturated carbocycles. The van der Waals surface area contributed by atoms with E-state index in [1.165, 1.54) is 0 Å². The molecule has 1 rings (SSSR count). The average molecular weight is 188 g/mol. The molecule has 0 aromatic heterocycles. The van der Waals surface area contributed by atoms with Crippen molar-refractivity contribution in [2.24, 2.45) is 0 Å². The Morgan fingerprint density at radius 2 is 1.69 bits per heavy atom. The standard InChI is InChI=1S/C7H9FN2O3/c1-2-9-5(11)6(12)10(4-3-8)7(9)13/h2-4H2,1H3. The Morgan fingerprint density at radius 3 is 2.08 bits per heavy atom. The molecule has 0 atom stereocenters. The Hall–Kier alpha value is -1.46. The molecule has 0 unspecified atom stereocenters. The molecule has 5 nitrogen and oxygen atoms in total. The zero-order valence-electron chi connectivity index (χ0n) is 7.12. The Kier molecular flexibility index (Phi) is 2.60. The lowest BCUT2D eigenvalue weighted by Crippen LogP contribution is -2.34. The van der Waals surface area contributed by atoms with Crippen molar-refractivity contribution in [2.45, 2.75) is 6.92 Å². The van der Waals surface area contributed by atoms with E-state index in [0.717, 1.165) is 4.90 Å². The van der Waals surface area contributed by atoms with Crippen LogP contribution in [0.4, 0.5) is 9.18 Å². The first-order valence-corrected chi connectivity index (χ1v) is 3.86. The zero-order chi connectivity index (χ0) is 10.0. The number of carbonyl (C=O) groups excluding carboxylic acids is 3. The molecule has 0 N–H and O–H groups in total. The summed E-state index contributed by atoms with van der Waals surface area (Å²) in [6.45, 7) is 0.524. The van der Waals surface area contributed by atoms with Crippen molar-refractivity contribution in [3.63, 3.8) is 0 Å². The van der Waals surface area contributed by atoms with Gasteiger partial charge in [-0.3, -0.25) is 19.4 Å². The fraction of sp³-hybridized carbons (Fsp3) is 0.571. The van der Waals surface area contributed by atoms with Gasteiger partial charge in [0.2, 0.25) is 0 Å². The number of hydrogen-bond donors (Lipinski definition) is 0. The third-order valence-corrected chi connectivity index (χ3v) is 1.76. The highest BCUT2D eigenvalue weighted by Gasteiger charge is 2.42. The molecule has 0 spiro atoms. The van der Waals surface area contributed by atoms with Gasteiger partial charge in [-0.05, 0) is 6.92 Å². The molecular weight excluding hydrogens is 179 g/mol. The third-order valence-electron chi connectivity index (χ3n) is 1.76. The van der Waals surface area contributed by atoms with Gasteiger partial charge in [-0.1, -0.05) is 0 Å². The summed E-state index contributed by atoms with van der Waals surface area (Å²) in [7, 11) is 0. The van der Waals surface area contributed by atoms with Crippen LogP contribution in [0.15, 0.2) is 0 Å². The number of likely N-dealkylation sites (N-methyl/N-ethyl adjacent to an activating group) is 1. The molecule has 1 aliphatic rings. The highest BCUT2D eigenvalue weighted by Crippen LogP contribution is 2.10. The Balaban J connectivity index is 2.85. The third kappa shape index (κ3) is 1.39. The van der Waals surface area contributed by atoms with Gasteiger partial charge in [0.15, 0.2) is 0 Å². The van der Waals surface area contributed by atoms with Gasteiger partial charge in [-0.2, -0.15) is 0 Å². The van der Waals surface area contributed by atoms with Gasteiger partial charge in [0, 0.05) is 6.54 Å². The van der Waals surface area contributed by atoms with Gasteiger partial charge in [0.1, 0.15) is 6.67 Å². The summed E-state index contributed by atoms with van der Waals surface area (Å²) in [5.74, 6) is -1.81. The molecule has 1 aliphatic heterocycles. The number of halogens is 1. The number of rotatable bonds is 3. The van der Waals surface area contributed by atoms with Crippen molar-refractivity contribution in [1.82, 2.24) is 9.80 Å². The second kappa shape index (κ2) is 3.51. The highest BCUT2D eigenvalue weighted by atomic mass is 19.1. The first-order valence-electron chi connectivity index (χ1n) is 3.86. The quantitative estimate of drug-likeness (QED) is 0.454. The van der Waals surface area contributed by atoms with Crippen LogP contribution in [-0.2, 0) is 9.59 Å². The van der Waals surface area contributed by atoms with Crippen LogP contribution in [0, 0.1) is 0 Å². The SMILES string of the molecule is CCN1C(=O)C(=O)N(CCF)C1=O. The molecule has 6 heteroatoms. The van der Waals surface area contributed by atoms with Gasteiger partial charge in [-0.15, -0.1) is 0 Å². The second-order valence-corrected chi connectivity index (χ2v) is 2.48. The normalized spacial score (nSPS) is 17.5. The molecule has 72 valence electrons. The Morgan fingerprint density at radius 1 is 1.15 bits per heavy atom. The summed E-state index contributed by atoms with van der Waals surface area (Å²) in [4.78, 5) is 34.6. The van der Waals surface area contributed by atoms with Gasteiger partial charge >= 0.3 is 17.8 Å². The van der Waals surface area contributed by atoms with Crippen molar-refractivity contribution in [2.75, 3.05) is 19.8 Å². The largest absolute Gasteiger partial charge is 0.334 e. The lowest BCUT2D eigenvalue weighted by molar-refractivity contribution is -0.143. The van der Waals surface area contributed by atoms with Crippen LogP contribution in [0.1, 0.15) is 6.92 Å². The number of urea groups is 1. The minimum Gasteiger partial charge on any atom is -0.263 e. The molecule has 0 aromatic carbocycles. The second-order valence-electron chi connectivity index (χ2n) is 2.48. The number of imide groups is 2. The van der Waals surface area contributed by atoms with E-state index >= 15 is 0 Å². The monoisotopic (exact) mass is 188 g/mol. The van der Waals surface area contributed by atoms with Gasteiger partial charge < -0.3 is 0 Å². The van der Waals surface area contributed by atoms with Crippen molar-refractivity contribution in [3.05, 3.63) is 0 Å². The van der Waals surface area contributed by atoms with E-state index in [-0.39, 0.29) is 13.1 Å². The lowest BCUT2D eigenvalue weighted by Gasteiger charge is -2.11. The van der Waals surface area contributed by atoms with Crippen LogP contribution in [-0.4, -0.2) is 47.4 Å². The van der Waals surface area contributed by atoms with E-state index in [9.17, 15) is 18.8 Å². The molecular formula is C7H9FN2O3. The predicted molar refractivity (Wildman–Crippen MR) is 40.5 cm³/mol. The smallest absolute Gasteiger partial charge is 0.263 e. The molecule has 0 radical (unpaired) electrons. The van der Waals surface area contributed by atoms with Crippen LogP contribution in [0.3, 0.4) is 0 Å².